The molecule has 1 unspecified atom stereocenters. The molecule has 1 atom stereocenters. The summed E-state index contributed by atoms with van der Waals surface area (Å²) in [5.41, 5.74) is 0.316. The van der Waals surface area contributed by atoms with Crippen LogP contribution in [0.25, 0.3) is 0 Å². The summed E-state index contributed by atoms with van der Waals surface area (Å²) < 4.78 is 0. The van der Waals surface area contributed by atoms with Crippen LogP contribution in [0.4, 0.5) is 0 Å². The molecule has 1 saturated carbocycles. The molecule has 2 saturated heterocycles. The van der Waals surface area contributed by atoms with Crippen molar-refractivity contribution in [3.63, 3.8) is 0 Å². The molecule has 3 rings (SSSR count). The third kappa shape index (κ3) is 1.73. The van der Waals surface area contributed by atoms with Gasteiger partial charge in [-0.2, -0.15) is 0 Å². The monoisotopic (exact) mass is 250 g/mol. The number of rotatable bonds is 3. The third-order valence-corrected chi connectivity index (χ3v) is 5.19. The van der Waals surface area contributed by atoms with Gasteiger partial charge in [-0.1, -0.05) is 13.3 Å². The smallest absolute Gasteiger partial charge is 0.245 e. The van der Waals surface area contributed by atoms with Crippen molar-refractivity contribution >= 4 is 11.8 Å². The molecular weight excluding hydrogens is 228 g/mol. The molecule has 100 valence electrons. The predicted octanol–water partition coefficient (Wildman–Crippen LogP) is 1.40. The Bertz CT molecular complexity index is 370. The zero-order valence-corrected chi connectivity index (χ0v) is 11.2. The Morgan fingerprint density at radius 3 is 2.67 bits per heavy atom. The van der Waals surface area contributed by atoms with E-state index >= 15 is 0 Å². The van der Waals surface area contributed by atoms with Crippen LogP contribution in [0.15, 0.2) is 0 Å². The van der Waals surface area contributed by atoms with Crippen LogP contribution in [0.5, 0.6) is 0 Å². The van der Waals surface area contributed by atoms with Gasteiger partial charge >= 0.3 is 0 Å². The summed E-state index contributed by atoms with van der Waals surface area (Å²) in [5, 5.41) is 0. The van der Waals surface area contributed by atoms with Crippen LogP contribution in [0.3, 0.4) is 0 Å². The molecule has 4 nitrogen and oxygen atoms in total. The molecule has 4 heteroatoms. The molecule has 1 aliphatic carbocycles. The maximum atomic E-state index is 12.4. The van der Waals surface area contributed by atoms with E-state index in [0.717, 1.165) is 32.4 Å². The molecule has 0 aromatic rings. The fourth-order valence-electron chi connectivity index (χ4n) is 3.70. The maximum absolute atomic E-state index is 12.4. The van der Waals surface area contributed by atoms with E-state index in [0.29, 0.717) is 12.0 Å². The van der Waals surface area contributed by atoms with Crippen molar-refractivity contribution < 1.29 is 9.59 Å². The molecule has 2 aliphatic heterocycles. The van der Waals surface area contributed by atoms with E-state index in [1.54, 1.807) is 4.90 Å². The van der Waals surface area contributed by atoms with Gasteiger partial charge in [0.2, 0.25) is 11.8 Å². The van der Waals surface area contributed by atoms with E-state index in [1.807, 2.05) is 4.90 Å². The van der Waals surface area contributed by atoms with E-state index < -0.39 is 0 Å². The van der Waals surface area contributed by atoms with Gasteiger partial charge in [-0.25, -0.2) is 0 Å². The molecule has 18 heavy (non-hydrogen) atoms. The predicted molar refractivity (Wildman–Crippen MR) is 67.9 cm³/mol. The molecule has 2 amide bonds. The van der Waals surface area contributed by atoms with Gasteiger partial charge in [0, 0.05) is 13.1 Å². The summed E-state index contributed by atoms with van der Waals surface area (Å²) in [7, 11) is 0. The van der Waals surface area contributed by atoms with Crippen molar-refractivity contribution in [1.29, 1.82) is 0 Å². The second kappa shape index (κ2) is 4.25. The minimum Gasteiger partial charge on any atom is -0.331 e. The Kier molecular flexibility index (Phi) is 2.83. The summed E-state index contributed by atoms with van der Waals surface area (Å²) in [4.78, 5) is 28.1. The minimum atomic E-state index is -0.139. The number of piperazine rings is 1. The molecule has 3 aliphatic rings. The normalized spacial score (nSPS) is 30.4. The van der Waals surface area contributed by atoms with Gasteiger partial charge in [0.25, 0.3) is 0 Å². The van der Waals surface area contributed by atoms with Crippen LogP contribution in [0.1, 0.15) is 45.4 Å². The standard InChI is InChI=1S/C14H22N2O2/c1-2-14(6-4-7-14)10-15-9-12(17)16-8-3-5-11(16)13(15)18/h11H,2-10H2,1H3. The van der Waals surface area contributed by atoms with Crippen molar-refractivity contribution in [1.82, 2.24) is 9.80 Å². The Morgan fingerprint density at radius 2 is 2.06 bits per heavy atom. The molecule has 0 aromatic heterocycles. The number of hydrogen-bond acceptors (Lipinski definition) is 2. The Balaban J connectivity index is 1.73. The quantitative estimate of drug-likeness (QED) is 0.759. The SMILES string of the molecule is CCC1(CN2CC(=O)N3CCCC3C2=O)CCC1. The first-order chi connectivity index (χ1) is 8.65. The maximum Gasteiger partial charge on any atom is 0.245 e. The lowest BCUT2D eigenvalue weighted by molar-refractivity contribution is -0.156. The van der Waals surface area contributed by atoms with E-state index in [4.69, 9.17) is 0 Å². The summed E-state index contributed by atoms with van der Waals surface area (Å²) in [6, 6.07) is -0.139. The Labute approximate surface area is 108 Å². The summed E-state index contributed by atoms with van der Waals surface area (Å²) in [5.74, 6) is 0.356. The van der Waals surface area contributed by atoms with Gasteiger partial charge < -0.3 is 9.80 Å². The summed E-state index contributed by atoms with van der Waals surface area (Å²) in [6.07, 6.45) is 6.68. The fourth-order valence-corrected chi connectivity index (χ4v) is 3.70. The summed E-state index contributed by atoms with van der Waals surface area (Å²) in [6.45, 7) is 4.11. The molecular formula is C14H22N2O2. The first kappa shape index (κ1) is 12.0. The largest absolute Gasteiger partial charge is 0.331 e. The number of carbonyl (C=O) groups is 2. The van der Waals surface area contributed by atoms with Crippen molar-refractivity contribution in [3.05, 3.63) is 0 Å². The molecule has 0 bridgehead atoms. The van der Waals surface area contributed by atoms with Crippen LogP contribution in [-0.4, -0.2) is 47.3 Å². The average Bonchev–Trinajstić information content (AvgIpc) is 2.79. The fraction of sp³-hybridized carbons (Fsp3) is 0.857. The van der Waals surface area contributed by atoms with Crippen LogP contribution in [-0.2, 0) is 9.59 Å². The van der Waals surface area contributed by atoms with Crippen LogP contribution < -0.4 is 0 Å². The molecule has 0 radical (unpaired) electrons. The first-order valence-corrected chi connectivity index (χ1v) is 7.23. The highest BCUT2D eigenvalue weighted by Gasteiger charge is 2.45. The van der Waals surface area contributed by atoms with E-state index in [2.05, 4.69) is 6.92 Å². The van der Waals surface area contributed by atoms with Crippen molar-refractivity contribution in [2.45, 2.75) is 51.5 Å². The van der Waals surface area contributed by atoms with E-state index in [1.165, 1.54) is 19.3 Å². The van der Waals surface area contributed by atoms with Crippen molar-refractivity contribution in [2.24, 2.45) is 5.41 Å². The Morgan fingerprint density at radius 1 is 1.28 bits per heavy atom. The molecule has 0 N–H and O–H groups in total. The average molecular weight is 250 g/mol. The van der Waals surface area contributed by atoms with Gasteiger partial charge in [0.15, 0.2) is 0 Å². The van der Waals surface area contributed by atoms with Crippen molar-refractivity contribution in [3.8, 4) is 0 Å². The van der Waals surface area contributed by atoms with Crippen LogP contribution in [0.2, 0.25) is 0 Å². The Hall–Kier alpha value is -1.06. The van der Waals surface area contributed by atoms with E-state index in [9.17, 15) is 9.59 Å². The number of nitrogens with zero attached hydrogens (tertiary/aromatic N) is 2. The number of fused-ring (bicyclic) bond motifs is 1. The summed E-state index contributed by atoms with van der Waals surface area (Å²) >= 11 is 0. The van der Waals surface area contributed by atoms with E-state index in [-0.39, 0.29) is 17.9 Å². The minimum absolute atomic E-state index is 0.139. The molecule has 0 spiro atoms. The highest BCUT2D eigenvalue weighted by Crippen LogP contribution is 2.44. The van der Waals surface area contributed by atoms with Crippen molar-refractivity contribution in [2.75, 3.05) is 19.6 Å². The molecule has 3 fully saturated rings. The van der Waals surface area contributed by atoms with Crippen LogP contribution >= 0.6 is 0 Å². The number of amides is 2. The molecule has 0 aromatic carbocycles. The zero-order chi connectivity index (χ0) is 12.8. The third-order valence-electron chi connectivity index (χ3n) is 5.19. The zero-order valence-electron chi connectivity index (χ0n) is 11.2. The first-order valence-electron chi connectivity index (χ1n) is 7.23. The van der Waals surface area contributed by atoms with Gasteiger partial charge in [0.05, 0.1) is 6.54 Å². The lowest BCUT2D eigenvalue weighted by atomic mass is 9.66. The second-order valence-corrected chi connectivity index (χ2v) is 6.15. The molecule has 2 heterocycles. The lowest BCUT2D eigenvalue weighted by Gasteiger charge is -2.47. The number of hydrogen-bond donors (Lipinski definition) is 0. The number of carbonyl (C=O) groups excluding carboxylic acids is 2. The highest BCUT2D eigenvalue weighted by molar-refractivity contribution is 5.95. The van der Waals surface area contributed by atoms with Gasteiger partial charge in [-0.05, 0) is 37.5 Å². The van der Waals surface area contributed by atoms with Gasteiger partial charge in [-0.15, -0.1) is 0 Å². The van der Waals surface area contributed by atoms with Gasteiger partial charge in [-0.3, -0.25) is 9.59 Å². The highest BCUT2D eigenvalue weighted by atomic mass is 16.2. The van der Waals surface area contributed by atoms with Crippen LogP contribution in [0, 0.1) is 5.41 Å². The topological polar surface area (TPSA) is 40.6 Å². The lowest BCUT2D eigenvalue weighted by Crippen LogP contribution is -2.59. The second-order valence-electron chi connectivity index (χ2n) is 6.15. The van der Waals surface area contributed by atoms with Gasteiger partial charge in [0.1, 0.15) is 6.04 Å².